The first-order chi connectivity index (χ1) is 8.22. The molecule has 4 heteroatoms. The molecule has 0 radical (unpaired) electrons. The lowest BCUT2D eigenvalue weighted by Crippen LogP contribution is -2.37. The highest BCUT2D eigenvalue weighted by Gasteiger charge is 2.22. The van der Waals surface area contributed by atoms with Crippen LogP contribution in [0.4, 0.5) is 0 Å². The van der Waals surface area contributed by atoms with Gasteiger partial charge in [0.2, 0.25) is 0 Å². The fourth-order valence-corrected chi connectivity index (χ4v) is 2.58. The SMILES string of the molecule is Cc1noc(C)c1CN1CCCCCC1CO. The van der Waals surface area contributed by atoms with Crippen LogP contribution in [0.25, 0.3) is 0 Å². The molecule has 1 fully saturated rings. The van der Waals surface area contributed by atoms with Crippen LogP contribution in [0.5, 0.6) is 0 Å². The van der Waals surface area contributed by atoms with E-state index in [1.807, 2.05) is 13.8 Å². The van der Waals surface area contributed by atoms with E-state index in [0.717, 1.165) is 31.0 Å². The summed E-state index contributed by atoms with van der Waals surface area (Å²) in [5, 5.41) is 13.5. The second-order valence-electron chi connectivity index (χ2n) is 4.96. The standard InChI is InChI=1S/C13H22N2O2/c1-10-13(11(2)17-14-10)8-15-7-5-3-4-6-12(15)9-16/h12,16H,3-9H2,1-2H3. The third-order valence-corrected chi connectivity index (χ3v) is 3.75. The van der Waals surface area contributed by atoms with Crippen LogP contribution >= 0.6 is 0 Å². The molecule has 1 aliphatic rings. The van der Waals surface area contributed by atoms with Crippen LogP contribution in [0.2, 0.25) is 0 Å². The van der Waals surface area contributed by atoms with Crippen LogP contribution < -0.4 is 0 Å². The van der Waals surface area contributed by atoms with E-state index in [-0.39, 0.29) is 6.61 Å². The maximum absolute atomic E-state index is 9.47. The molecule has 1 atom stereocenters. The van der Waals surface area contributed by atoms with Gasteiger partial charge in [-0.2, -0.15) is 0 Å². The van der Waals surface area contributed by atoms with Crippen molar-refractivity contribution in [2.75, 3.05) is 13.2 Å². The molecule has 17 heavy (non-hydrogen) atoms. The van der Waals surface area contributed by atoms with Crippen molar-refractivity contribution in [3.05, 3.63) is 17.0 Å². The van der Waals surface area contributed by atoms with Crippen LogP contribution in [0, 0.1) is 13.8 Å². The summed E-state index contributed by atoms with van der Waals surface area (Å²) < 4.78 is 5.20. The maximum atomic E-state index is 9.47. The first-order valence-corrected chi connectivity index (χ1v) is 6.49. The lowest BCUT2D eigenvalue weighted by atomic mass is 10.1. The summed E-state index contributed by atoms with van der Waals surface area (Å²) in [7, 11) is 0. The number of likely N-dealkylation sites (tertiary alicyclic amines) is 1. The Bertz CT molecular complexity index is 343. The van der Waals surface area contributed by atoms with Gasteiger partial charge in [0, 0.05) is 18.2 Å². The number of rotatable bonds is 3. The zero-order valence-corrected chi connectivity index (χ0v) is 10.8. The summed E-state index contributed by atoms with van der Waals surface area (Å²) in [6.45, 7) is 6.11. The number of aliphatic hydroxyl groups excluding tert-OH is 1. The van der Waals surface area contributed by atoms with E-state index >= 15 is 0 Å². The number of aryl methyl sites for hydroxylation is 2. The highest BCUT2D eigenvalue weighted by Crippen LogP contribution is 2.21. The van der Waals surface area contributed by atoms with Gasteiger partial charge in [0.1, 0.15) is 5.76 Å². The molecule has 0 saturated carbocycles. The second kappa shape index (κ2) is 5.65. The third-order valence-electron chi connectivity index (χ3n) is 3.75. The van der Waals surface area contributed by atoms with Crippen LogP contribution in [0.15, 0.2) is 4.52 Å². The quantitative estimate of drug-likeness (QED) is 0.875. The molecule has 2 heterocycles. The summed E-state index contributed by atoms with van der Waals surface area (Å²) >= 11 is 0. The van der Waals surface area contributed by atoms with Crippen molar-refractivity contribution in [2.24, 2.45) is 0 Å². The lowest BCUT2D eigenvalue weighted by Gasteiger charge is -2.28. The topological polar surface area (TPSA) is 49.5 Å². The van der Waals surface area contributed by atoms with E-state index in [9.17, 15) is 5.11 Å². The minimum absolute atomic E-state index is 0.253. The first kappa shape index (κ1) is 12.6. The number of hydrogen-bond acceptors (Lipinski definition) is 4. The van der Waals surface area contributed by atoms with Gasteiger partial charge in [-0.3, -0.25) is 4.90 Å². The molecule has 1 aromatic heterocycles. The minimum Gasteiger partial charge on any atom is -0.395 e. The van der Waals surface area contributed by atoms with Crippen molar-refractivity contribution in [3.63, 3.8) is 0 Å². The van der Waals surface area contributed by atoms with E-state index in [1.54, 1.807) is 0 Å². The van der Waals surface area contributed by atoms with Gasteiger partial charge in [0.25, 0.3) is 0 Å². The van der Waals surface area contributed by atoms with Gasteiger partial charge in [0.15, 0.2) is 0 Å². The Morgan fingerprint density at radius 2 is 2.18 bits per heavy atom. The zero-order chi connectivity index (χ0) is 12.3. The van der Waals surface area contributed by atoms with Crippen molar-refractivity contribution in [1.29, 1.82) is 0 Å². The Morgan fingerprint density at radius 3 is 2.82 bits per heavy atom. The van der Waals surface area contributed by atoms with Crippen molar-refractivity contribution < 1.29 is 9.63 Å². The fourth-order valence-electron chi connectivity index (χ4n) is 2.58. The Morgan fingerprint density at radius 1 is 1.35 bits per heavy atom. The lowest BCUT2D eigenvalue weighted by molar-refractivity contribution is 0.118. The summed E-state index contributed by atoms with van der Waals surface area (Å²) in [4.78, 5) is 2.37. The van der Waals surface area contributed by atoms with Gasteiger partial charge in [-0.25, -0.2) is 0 Å². The number of nitrogens with zero attached hydrogens (tertiary/aromatic N) is 2. The summed E-state index contributed by atoms with van der Waals surface area (Å²) in [6, 6.07) is 0.297. The molecule has 1 unspecified atom stereocenters. The fraction of sp³-hybridized carbons (Fsp3) is 0.769. The van der Waals surface area contributed by atoms with E-state index < -0.39 is 0 Å². The highest BCUT2D eigenvalue weighted by molar-refractivity contribution is 5.20. The molecular weight excluding hydrogens is 216 g/mol. The van der Waals surface area contributed by atoms with Gasteiger partial charge in [-0.1, -0.05) is 18.0 Å². The number of aromatic nitrogens is 1. The van der Waals surface area contributed by atoms with Crippen LogP contribution in [-0.4, -0.2) is 34.4 Å². The molecule has 0 spiro atoms. The average molecular weight is 238 g/mol. The summed E-state index contributed by atoms with van der Waals surface area (Å²) in [6.07, 6.45) is 4.82. The van der Waals surface area contributed by atoms with Crippen molar-refractivity contribution in [3.8, 4) is 0 Å². The molecular formula is C13H22N2O2. The monoisotopic (exact) mass is 238 g/mol. The molecule has 2 rings (SSSR count). The Balaban J connectivity index is 2.09. The molecule has 0 aliphatic carbocycles. The van der Waals surface area contributed by atoms with E-state index in [4.69, 9.17) is 4.52 Å². The molecule has 1 saturated heterocycles. The van der Waals surface area contributed by atoms with Gasteiger partial charge < -0.3 is 9.63 Å². The van der Waals surface area contributed by atoms with Crippen LogP contribution in [0.3, 0.4) is 0 Å². The van der Waals surface area contributed by atoms with Gasteiger partial charge in [-0.05, 0) is 33.2 Å². The van der Waals surface area contributed by atoms with Crippen LogP contribution in [-0.2, 0) is 6.54 Å². The number of hydrogen-bond donors (Lipinski definition) is 1. The molecule has 96 valence electrons. The Labute approximate surface area is 103 Å². The first-order valence-electron chi connectivity index (χ1n) is 6.49. The maximum Gasteiger partial charge on any atom is 0.138 e. The minimum atomic E-state index is 0.253. The van der Waals surface area contributed by atoms with Crippen molar-refractivity contribution >= 4 is 0 Å². The predicted molar refractivity (Wildman–Crippen MR) is 65.7 cm³/mol. The largest absolute Gasteiger partial charge is 0.395 e. The predicted octanol–water partition coefficient (Wildman–Crippen LogP) is 2.03. The molecule has 0 aromatic carbocycles. The average Bonchev–Trinajstić information content (AvgIpc) is 2.57. The molecule has 0 amide bonds. The normalized spacial score (nSPS) is 22.6. The van der Waals surface area contributed by atoms with Crippen LogP contribution in [0.1, 0.15) is 42.7 Å². The summed E-state index contributed by atoms with van der Waals surface area (Å²) in [5.74, 6) is 0.906. The van der Waals surface area contributed by atoms with E-state index in [1.165, 1.54) is 24.8 Å². The third kappa shape index (κ3) is 2.87. The number of aliphatic hydroxyl groups is 1. The highest BCUT2D eigenvalue weighted by atomic mass is 16.5. The van der Waals surface area contributed by atoms with Crippen molar-refractivity contribution in [2.45, 2.75) is 52.1 Å². The Hall–Kier alpha value is -0.870. The Kier molecular flexibility index (Phi) is 4.18. The molecule has 4 nitrogen and oxygen atoms in total. The molecule has 0 bridgehead atoms. The second-order valence-corrected chi connectivity index (χ2v) is 4.96. The zero-order valence-electron chi connectivity index (χ0n) is 10.8. The van der Waals surface area contributed by atoms with Gasteiger partial charge >= 0.3 is 0 Å². The van der Waals surface area contributed by atoms with Gasteiger partial charge in [-0.15, -0.1) is 0 Å². The van der Waals surface area contributed by atoms with E-state index in [2.05, 4.69) is 10.1 Å². The van der Waals surface area contributed by atoms with Crippen molar-refractivity contribution in [1.82, 2.24) is 10.1 Å². The summed E-state index contributed by atoms with van der Waals surface area (Å²) in [5.41, 5.74) is 2.16. The molecule has 1 aromatic rings. The van der Waals surface area contributed by atoms with E-state index in [0.29, 0.717) is 6.04 Å². The van der Waals surface area contributed by atoms with Gasteiger partial charge in [0.05, 0.1) is 12.3 Å². The molecule has 1 aliphatic heterocycles. The smallest absolute Gasteiger partial charge is 0.138 e. The molecule has 1 N–H and O–H groups in total.